The van der Waals surface area contributed by atoms with Crippen molar-refractivity contribution in [1.29, 1.82) is 0 Å². The van der Waals surface area contributed by atoms with Gasteiger partial charge in [0.15, 0.2) is 0 Å². The predicted molar refractivity (Wildman–Crippen MR) is 105 cm³/mol. The topological polar surface area (TPSA) is 85.1 Å². The molecule has 6 nitrogen and oxygen atoms in total. The first-order valence-corrected chi connectivity index (χ1v) is 9.89. The standard InChI is InChI=1S/C20H21N3O3S/c1-20(2,19(25)26)11-23-16(12-6-5-9-21-10-12)22-17-15(18(23)24)13-7-3-4-8-14(13)27-17/h5-6,9-10H,3-4,7-8,11H2,1-2H3,(H,25,26). The lowest BCUT2D eigenvalue weighted by atomic mass is 9.93. The van der Waals surface area contributed by atoms with Crippen molar-refractivity contribution >= 4 is 27.5 Å². The second-order valence-electron chi connectivity index (χ2n) is 7.65. The molecule has 0 atom stereocenters. The van der Waals surface area contributed by atoms with Crippen molar-refractivity contribution in [3.63, 3.8) is 0 Å². The molecular formula is C20H21N3O3S. The van der Waals surface area contributed by atoms with Crippen LogP contribution in [0.25, 0.3) is 21.6 Å². The third-order valence-corrected chi connectivity index (χ3v) is 6.31. The van der Waals surface area contributed by atoms with Crippen molar-refractivity contribution in [2.24, 2.45) is 5.41 Å². The maximum Gasteiger partial charge on any atom is 0.310 e. The fourth-order valence-electron chi connectivity index (χ4n) is 3.56. The number of carboxylic acids is 1. The quantitative estimate of drug-likeness (QED) is 0.745. The Morgan fingerprint density at radius 1 is 1.33 bits per heavy atom. The molecule has 0 unspecified atom stereocenters. The number of pyridine rings is 1. The summed E-state index contributed by atoms with van der Waals surface area (Å²) in [6, 6.07) is 3.64. The van der Waals surface area contributed by atoms with E-state index in [1.165, 1.54) is 9.44 Å². The number of fused-ring (bicyclic) bond motifs is 3. The summed E-state index contributed by atoms with van der Waals surface area (Å²) in [5, 5.41) is 10.2. The molecule has 0 bridgehead atoms. The number of aryl methyl sites for hydroxylation is 2. The maximum atomic E-state index is 13.5. The van der Waals surface area contributed by atoms with Gasteiger partial charge in [0, 0.05) is 29.4 Å². The van der Waals surface area contributed by atoms with Gasteiger partial charge in [-0.3, -0.25) is 19.1 Å². The van der Waals surface area contributed by atoms with Crippen LogP contribution in [0.4, 0.5) is 0 Å². The summed E-state index contributed by atoms with van der Waals surface area (Å²) in [5.41, 5.74) is 0.585. The second-order valence-corrected chi connectivity index (χ2v) is 8.73. The maximum absolute atomic E-state index is 13.5. The van der Waals surface area contributed by atoms with Crippen LogP contribution in [0.3, 0.4) is 0 Å². The number of carboxylic acid groups (broad SMARTS) is 1. The van der Waals surface area contributed by atoms with E-state index in [1.807, 2.05) is 6.07 Å². The molecular weight excluding hydrogens is 362 g/mol. The van der Waals surface area contributed by atoms with Gasteiger partial charge < -0.3 is 5.11 Å². The van der Waals surface area contributed by atoms with Crippen LogP contribution in [0, 0.1) is 5.41 Å². The van der Waals surface area contributed by atoms with Gasteiger partial charge in [-0.1, -0.05) is 0 Å². The number of aromatic nitrogens is 3. The molecule has 140 valence electrons. The van der Waals surface area contributed by atoms with E-state index in [1.54, 1.807) is 43.6 Å². The van der Waals surface area contributed by atoms with Crippen LogP contribution >= 0.6 is 11.3 Å². The Morgan fingerprint density at radius 3 is 2.81 bits per heavy atom. The molecule has 1 aliphatic carbocycles. The van der Waals surface area contributed by atoms with Gasteiger partial charge in [0.1, 0.15) is 10.7 Å². The van der Waals surface area contributed by atoms with Crippen LogP contribution in [-0.4, -0.2) is 25.6 Å². The summed E-state index contributed by atoms with van der Waals surface area (Å²) >= 11 is 1.59. The van der Waals surface area contributed by atoms with Crippen LogP contribution in [0.5, 0.6) is 0 Å². The zero-order chi connectivity index (χ0) is 19.2. The lowest BCUT2D eigenvalue weighted by molar-refractivity contribution is -0.147. The van der Waals surface area contributed by atoms with E-state index in [2.05, 4.69) is 4.98 Å². The summed E-state index contributed by atoms with van der Waals surface area (Å²) in [6.07, 6.45) is 7.40. The van der Waals surface area contributed by atoms with Gasteiger partial charge in [0.05, 0.1) is 10.8 Å². The van der Waals surface area contributed by atoms with Crippen LogP contribution in [0.2, 0.25) is 0 Å². The van der Waals surface area contributed by atoms with Gasteiger partial charge in [0.25, 0.3) is 5.56 Å². The molecule has 0 saturated heterocycles. The number of aliphatic carboxylic acids is 1. The minimum atomic E-state index is -1.09. The van der Waals surface area contributed by atoms with Crippen molar-refractivity contribution in [2.45, 2.75) is 46.1 Å². The van der Waals surface area contributed by atoms with Crippen molar-refractivity contribution in [3.05, 3.63) is 45.3 Å². The fourth-order valence-corrected chi connectivity index (χ4v) is 4.82. The molecule has 7 heteroatoms. The number of nitrogens with zero attached hydrogens (tertiary/aromatic N) is 3. The van der Waals surface area contributed by atoms with Crippen LogP contribution < -0.4 is 5.56 Å². The predicted octanol–water partition coefficient (Wildman–Crippen LogP) is 3.51. The minimum Gasteiger partial charge on any atom is -0.481 e. The van der Waals surface area contributed by atoms with Crippen LogP contribution in [0.15, 0.2) is 29.3 Å². The zero-order valence-electron chi connectivity index (χ0n) is 15.4. The summed E-state index contributed by atoms with van der Waals surface area (Å²) in [7, 11) is 0. The molecule has 0 radical (unpaired) electrons. The van der Waals surface area contributed by atoms with Gasteiger partial charge >= 0.3 is 5.97 Å². The van der Waals surface area contributed by atoms with Crippen LogP contribution in [-0.2, 0) is 24.2 Å². The van der Waals surface area contributed by atoms with Gasteiger partial charge in [0.2, 0.25) is 0 Å². The molecule has 3 aromatic heterocycles. The van der Waals surface area contributed by atoms with Gasteiger partial charge in [-0.25, -0.2) is 4.98 Å². The highest BCUT2D eigenvalue weighted by Crippen LogP contribution is 2.35. The van der Waals surface area contributed by atoms with Gasteiger partial charge in [-0.15, -0.1) is 11.3 Å². The first kappa shape index (κ1) is 17.9. The van der Waals surface area contributed by atoms with E-state index in [9.17, 15) is 14.7 Å². The highest BCUT2D eigenvalue weighted by atomic mass is 32.1. The Hall–Kier alpha value is -2.54. The van der Waals surface area contributed by atoms with Crippen molar-refractivity contribution < 1.29 is 9.90 Å². The van der Waals surface area contributed by atoms with E-state index < -0.39 is 11.4 Å². The van der Waals surface area contributed by atoms with E-state index in [0.29, 0.717) is 16.8 Å². The molecule has 0 spiro atoms. The first-order chi connectivity index (χ1) is 12.9. The monoisotopic (exact) mass is 383 g/mol. The highest BCUT2D eigenvalue weighted by molar-refractivity contribution is 7.18. The Morgan fingerprint density at radius 2 is 2.11 bits per heavy atom. The van der Waals surface area contributed by atoms with Gasteiger partial charge in [-0.2, -0.15) is 0 Å². The fraction of sp³-hybridized carbons (Fsp3) is 0.400. The summed E-state index contributed by atoms with van der Waals surface area (Å²) < 4.78 is 1.52. The molecule has 0 aliphatic heterocycles. The molecule has 4 rings (SSSR count). The molecule has 0 amide bonds. The largest absolute Gasteiger partial charge is 0.481 e. The van der Waals surface area contributed by atoms with Crippen molar-refractivity contribution in [1.82, 2.24) is 14.5 Å². The number of hydrogen-bond donors (Lipinski definition) is 1. The lowest BCUT2D eigenvalue weighted by Gasteiger charge is -2.22. The van der Waals surface area contributed by atoms with E-state index in [4.69, 9.17) is 4.98 Å². The average molecular weight is 383 g/mol. The van der Waals surface area contributed by atoms with E-state index in [0.717, 1.165) is 36.1 Å². The molecule has 27 heavy (non-hydrogen) atoms. The second kappa shape index (κ2) is 6.56. The Kier molecular flexibility index (Phi) is 4.34. The third kappa shape index (κ3) is 3.06. The first-order valence-electron chi connectivity index (χ1n) is 9.07. The molecule has 1 aliphatic rings. The Balaban J connectivity index is 2.01. The molecule has 3 aromatic rings. The summed E-state index contributed by atoms with van der Waals surface area (Å²) in [4.78, 5) is 36.1. The third-order valence-electron chi connectivity index (χ3n) is 5.13. The number of carbonyl (C=O) groups is 1. The normalized spacial score (nSPS) is 14.3. The summed E-state index contributed by atoms with van der Waals surface area (Å²) in [6.45, 7) is 3.31. The lowest BCUT2D eigenvalue weighted by Crippen LogP contribution is -2.35. The van der Waals surface area contributed by atoms with E-state index >= 15 is 0 Å². The molecule has 3 heterocycles. The molecule has 1 N–H and O–H groups in total. The smallest absolute Gasteiger partial charge is 0.310 e. The zero-order valence-corrected chi connectivity index (χ0v) is 16.2. The Bertz CT molecular complexity index is 1080. The molecule has 0 saturated carbocycles. The number of hydrogen-bond acceptors (Lipinski definition) is 5. The SMILES string of the molecule is CC(C)(Cn1c(-c2cccnc2)nc2sc3c(c2c1=O)CCCC3)C(=O)O. The van der Waals surface area contributed by atoms with E-state index in [-0.39, 0.29) is 12.1 Å². The Labute approximate surface area is 160 Å². The summed E-state index contributed by atoms with van der Waals surface area (Å²) in [5.74, 6) is -0.465. The van der Waals surface area contributed by atoms with Crippen molar-refractivity contribution in [2.75, 3.05) is 0 Å². The van der Waals surface area contributed by atoms with Gasteiger partial charge in [-0.05, 0) is 57.2 Å². The van der Waals surface area contributed by atoms with Crippen LogP contribution in [0.1, 0.15) is 37.1 Å². The molecule has 0 aromatic carbocycles. The minimum absolute atomic E-state index is 0.0545. The number of thiophene rings is 1. The molecule has 0 fully saturated rings. The average Bonchev–Trinajstić information content (AvgIpc) is 3.03. The highest BCUT2D eigenvalue weighted by Gasteiger charge is 2.31. The van der Waals surface area contributed by atoms with Crippen molar-refractivity contribution in [3.8, 4) is 11.4 Å². The number of rotatable bonds is 4.